The molecular formula is C26H33F3N8O5. The summed E-state index contributed by atoms with van der Waals surface area (Å²) in [7, 11) is 0. The highest BCUT2D eigenvalue weighted by Crippen LogP contribution is 2.37. The number of carbonyl (C=O) groups excluding carboxylic acids is 3. The van der Waals surface area contributed by atoms with Gasteiger partial charge in [-0.1, -0.05) is 0 Å². The zero-order valence-corrected chi connectivity index (χ0v) is 23.3. The number of anilines is 4. The van der Waals surface area contributed by atoms with Gasteiger partial charge in [-0.15, -0.1) is 0 Å². The van der Waals surface area contributed by atoms with Gasteiger partial charge in [0.15, 0.2) is 0 Å². The molecule has 3 amide bonds. The second kappa shape index (κ2) is 11.8. The van der Waals surface area contributed by atoms with Crippen LogP contribution in [0.15, 0.2) is 24.4 Å². The number of hydrogen-bond donors (Lipinski definition) is 4. The molecule has 2 saturated heterocycles. The zero-order valence-electron chi connectivity index (χ0n) is 23.3. The van der Waals surface area contributed by atoms with Gasteiger partial charge in [0.25, 0.3) is 5.91 Å². The van der Waals surface area contributed by atoms with Crippen molar-refractivity contribution in [3.8, 4) is 0 Å². The van der Waals surface area contributed by atoms with Crippen molar-refractivity contribution < 1.29 is 37.0 Å². The number of ether oxygens (including phenoxy) is 2. The standard InChI is InChI=1S/C26H33F3N8O5/c1-25(2,3)42-24(40)34-16-11-37(12-16)17-8-14(26(27,28)29)7-15(9-17)33-21-19(20(30)38)10-32-23(35-21)36-6-4-5-18(13-36)41-22(31)39/h7-10,16,18H,4-6,11-13H2,1-3H3,(H2,30,38)(H2,31,39)(H,34,40)(H,32,33,35)/t18-/m0/s1. The first kappa shape index (κ1) is 30.5. The lowest BCUT2D eigenvalue weighted by atomic mass is 10.1. The van der Waals surface area contributed by atoms with E-state index in [4.69, 9.17) is 20.9 Å². The van der Waals surface area contributed by atoms with Crippen molar-refractivity contribution in [1.82, 2.24) is 15.3 Å². The number of nitrogens with zero attached hydrogens (tertiary/aromatic N) is 4. The van der Waals surface area contributed by atoms with Gasteiger partial charge in [-0.2, -0.15) is 18.2 Å². The van der Waals surface area contributed by atoms with E-state index in [0.29, 0.717) is 19.4 Å². The molecule has 1 aromatic carbocycles. The number of halogens is 3. The Labute approximate surface area is 239 Å². The number of primary amides is 2. The molecule has 1 atom stereocenters. The highest BCUT2D eigenvalue weighted by Gasteiger charge is 2.35. The van der Waals surface area contributed by atoms with Crippen molar-refractivity contribution in [2.75, 3.05) is 41.3 Å². The van der Waals surface area contributed by atoms with Gasteiger partial charge in [-0.25, -0.2) is 14.6 Å². The Bertz CT molecular complexity index is 1340. The molecule has 6 N–H and O–H groups in total. The molecule has 13 nitrogen and oxygen atoms in total. The number of hydrogen-bond acceptors (Lipinski definition) is 10. The third kappa shape index (κ3) is 7.82. The Kier molecular flexibility index (Phi) is 8.54. The van der Waals surface area contributed by atoms with E-state index >= 15 is 0 Å². The summed E-state index contributed by atoms with van der Waals surface area (Å²) in [6, 6.07) is 3.05. The Morgan fingerprint density at radius 2 is 1.76 bits per heavy atom. The Hall–Kier alpha value is -4.50. The molecule has 4 rings (SSSR count). The van der Waals surface area contributed by atoms with Gasteiger partial charge in [0.2, 0.25) is 5.95 Å². The number of piperidine rings is 1. The fraction of sp³-hybridized carbons (Fsp3) is 0.500. The number of aromatic nitrogens is 2. The van der Waals surface area contributed by atoms with E-state index in [9.17, 15) is 27.6 Å². The first-order valence-electron chi connectivity index (χ1n) is 13.2. The lowest BCUT2D eigenvalue weighted by Gasteiger charge is -2.41. The molecule has 2 aromatic rings. The summed E-state index contributed by atoms with van der Waals surface area (Å²) < 4.78 is 51.9. The number of benzene rings is 1. The van der Waals surface area contributed by atoms with Gasteiger partial charge in [-0.05, 0) is 51.8 Å². The fourth-order valence-corrected chi connectivity index (χ4v) is 4.60. The van der Waals surface area contributed by atoms with E-state index in [1.165, 1.54) is 12.3 Å². The van der Waals surface area contributed by atoms with Crippen LogP contribution in [0.5, 0.6) is 0 Å². The first-order valence-corrected chi connectivity index (χ1v) is 13.2. The molecule has 0 bridgehead atoms. The van der Waals surface area contributed by atoms with Gasteiger partial charge in [-0.3, -0.25) is 4.79 Å². The van der Waals surface area contributed by atoms with Crippen molar-refractivity contribution in [2.45, 2.75) is 57.5 Å². The average molecular weight is 595 g/mol. The summed E-state index contributed by atoms with van der Waals surface area (Å²) in [5.74, 6) is -0.821. The van der Waals surface area contributed by atoms with Crippen molar-refractivity contribution in [3.05, 3.63) is 35.5 Å². The molecule has 0 aliphatic carbocycles. The summed E-state index contributed by atoms with van der Waals surface area (Å²) in [4.78, 5) is 47.3. The van der Waals surface area contributed by atoms with E-state index in [1.54, 1.807) is 30.6 Å². The molecule has 16 heteroatoms. The smallest absolute Gasteiger partial charge is 0.416 e. The predicted molar refractivity (Wildman–Crippen MR) is 147 cm³/mol. The van der Waals surface area contributed by atoms with E-state index in [2.05, 4.69) is 20.6 Å². The van der Waals surface area contributed by atoms with Crippen LogP contribution in [0.3, 0.4) is 0 Å². The second-order valence-corrected chi connectivity index (χ2v) is 11.1. The van der Waals surface area contributed by atoms with Gasteiger partial charge in [0.1, 0.15) is 23.1 Å². The van der Waals surface area contributed by atoms with Crippen LogP contribution in [0.4, 0.5) is 45.9 Å². The minimum Gasteiger partial charge on any atom is -0.445 e. The molecule has 228 valence electrons. The molecule has 0 unspecified atom stereocenters. The minimum atomic E-state index is -4.67. The molecule has 2 aliphatic heterocycles. The Morgan fingerprint density at radius 1 is 1.05 bits per heavy atom. The third-order valence-electron chi connectivity index (χ3n) is 6.46. The largest absolute Gasteiger partial charge is 0.445 e. The van der Waals surface area contributed by atoms with Crippen LogP contribution in [0, 0.1) is 0 Å². The van der Waals surface area contributed by atoms with Crippen LogP contribution < -0.4 is 31.9 Å². The minimum absolute atomic E-state index is 0.00380. The van der Waals surface area contributed by atoms with Gasteiger partial charge in [0, 0.05) is 37.2 Å². The third-order valence-corrected chi connectivity index (χ3v) is 6.46. The lowest BCUT2D eigenvalue weighted by molar-refractivity contribution is -0.137. The van der Waals surface area contributed by atoms with Crippen LogP contribution in [0.1, 0.15) is 49.5 Å². The zero-order chi connectivity index (χ0) is 30.8. The normalized spacial score (nSPS) is 17.7. The van der Waals surface area contributed by atoms with Crippen LogP contribution in [-0.2, 0) is 15.7 Å². The number of alkyl carbamates (subject to hydrolysis) is 1. The number of nitrogens with two attached hydrogens (primary N) is 2. The fourth-order valence-electron chi connectivity index (χ4n) is 4.60. The number of amides is 3. The van der Waals surface area contributed by atoms with E-state index in [0.717, 1.165) is 12.1 Å². The number of nitrogens with one attached hydrogen (secondary N) is 2. The molecule has 3 heterocycles. The summed E-state index contributed by atoms with van der Waals surface area (Å²) in [6.45, 7) is 6.43. The molecule has 2 fully saturated rings. The van der Waals surface area contributed by atoms with E-state index < -0.39 is 41.5 Å². The van der Waals surface area contributed by atoms with Crippen LogP contribution in [0.2, 0.25) is 0 Å². The molecule has 1 aromatic heterocycles. The molecule has 0 spiro atoms. The van der Waals surface area contributed by atoms with Crippen molar-refractivity contribution in [3.63, 3.8) is 0 Å². The van der Waals surface area contributed by atoms with Gasteiger partial charge < -0.3 is 41.4 Å². The first-order chi connectivity index (χ1) is 19.6. The molecule has 0 saturated carbocycles. The van der Waals surface area contributed by atoms with Gasteiger partial charge >= 0.3 is 18.4 Å². The van der Waals surface area contributed by atoms with Gasteiger partial charge in [0.05, 0.1) is 18.2 Å². The second-order valence-electron chi connectivity index (χ2n) is 11.1. The average Bonchev–Trinajstić information content (AvgIpc) is 2.83. The lowest BCUT2D eigenvalue weighted by Crippen LogP contribution is -2.60. The van der Waals surface area contributed by atoms with Crippen LogP contribution >= 0.6 is 0 Å². The highest BCUT2D eigenvalue weighted by atomic mass is 19.4. The maximum Gasteiger partial charge on any atom is 0.416 e. The maximum absolute atomic E-state index is 13.8. The van der Waals surface area contributed by atoms with Crippen LogP contribution in [0.25, 0.3) is 0 Å². The van der Waals surface area contributed by atoms with Crippen molar-refractivity contribution >= 4 is 41.2 Å². The predicted octanol–water partition coefficient (Wildman–Crippen LogP) is 3.12. The molecule has 2 aliphatic rings. The highest BCUT2D eigenvalue weighted by molar-refractivity contribution is 5.98. The van der Waals surface area contributed by atoms with Crippen molar-refractivity contribution in [2.24, 2.45) is 11.5 Å². The summed E-state index contributed by atoms with van der Waals surface area (Å²) in [5.41, 5.74) is 9.13. The molecular weight excluding hydrogens is 561 g/mol. The quantitative estimate of drug-likeness (QED) is 0.372. The van der Waals surface area contributed by atoms with Crippen molar-refractivity contribution in [1.29, 1.82) is 0 Å². The Morgan fingerprint density at radius 3 is 2.38 bits per heavy atom. The van der Waals surface area contributed by atoms with E-state index in [1.807, 2.05) is 0 Å². The number of rotatable bonds is 7. The maximum atomic E-state index is 13.8. The summed E-state index contributed by atoms with van der Waals surface area (Å²) in [6.07, 6.45) is -4.29. The number of alkyl halides is 3. The molecule has 0 radical (unpaired) electrons. The van der Waals surface area contributed by atoms with Crippen LogP contribution in [-0.4, -0.2) is 72.0 Å². The Balaban J connectivity index is 1.56. The number of carbonyl (C=O) groups is 3. The SMILES string of the molecule is CC(C)(C)OC(=O)NC1CN(c2cc(Nc3nc(N4CCC[C@H](OC(N)=O)C4)ncc3C(N)=O)cc(C(F)(F)F)c2)C1. The molecule has 42 heavy (non-hydrogen) atoms. The summed E-state index contributed by atoms with van der Waals surface area (Å²) in [5, 5.41) is 5.50. The summed E-state index contributed by atoms with van der Waals surface area (Å²) >= 11 is 0. The topological polar surface area (TPSA) is 178 Å². The van der Waals surface area contributed by atoms with E-state index in [-0.39, 0.29) is 54.4 Å². The monoisotopic (exact) mass is 594 g/mol.